The van der Waals surface area contributed by atoms with Crippen LogP contribution in [0.15, 0.2) is 30.9 Å². The fraction of sp³-hybridized carbons (Fsp3) is 0.467. The number of phenols is 1. The van der Waals surface area contributed by atoms with Crippen molar-refractivity contribution in [3.63, 3.8) is 0 Å². The number of hydrogen-bond donors (Lipinski definition) is 2. The Kier molecular flexibility index (Phi) is 4.82. The molecule has 4 nitrogen and oxygen atoms in total. The lowest BCUT2D eigenvalue weighted by atomic mass is 10.0. The van der Waals surface area contributed by atoms with E-state index in [1.165, 1.54) is 0 Å². The number of methoxy groups -OCH3 is 1. The summed E-state index contributed by atoms with van der Waals surface area (Å²) in [6.07, 6.45) is 2.82. The number of hydrogen-bond acceptors (Lipinski definition) is 4. The first-order valence-corrected chi connectivity index (χ1v) is 6.69. The van der Waals surface area contributed by atoms with Gasteiger partial charge in [0.2, 0.25) is 0 Å². The van der Waals surface area contributed by atoms with Gasteiger partial charge in [-0.3, -0.25) is 4.90 Å². The summed E-state index contributed by atoms with van der Waals surface area (Å²) in [5.41, 5.74) is 1.11. The van der Waals surface area contributed by atoms with Gasteiger partial charge in [0.05, 0.1) is 7.11 Å². The minimum atomic E-state index is 0.198. The van der Waals surface area contributed by atoms with E-state index in [0.29, 0.717) is 5.75 Å². The predicted molar refractivity (Wildman–Crippen MR) is 76.7 cm³/mol. The number of benzene rings is 1. The molecule has 0 saturated carbocycles. The van der Waals surface area contributed by atoms with Crippen molar-refractivity contribution in [3.05, 3.63) is 36.4 Å². The number of rotatable bonds is 5. The standard InChI is InChI=1S/C15H22N2O2/c1-3-4-13(17-9-7-16-8-10-17)12-5-6-15(19-2)14(18)11-12/h3,5-6,11,13,16,18H,1,4,7-10H2,2H3/t13-/m0/s1. The molecule has 4 heteroatoms. The smallest absolute Gasteiger partial charge is 0.160 e. The molecule has 1 aliphatic rings. The SMILES string of the molecule is C=CC[C@@H](c1ccc(OC)c(O)c1)N1CCNCC1. The Labute approximate surface area is 114 Å². The summed E-state index contributed by atoms with van der Waals surface area (Å²) in [6.45, 7) is 7.91. The summed E-state index contributed by atoms with van der Waals surface area (Å²) in [5, 5.41) is 13.3. The van der Waals surface area contributed by atoms with Crippen LogP contribution in [0.3, 0.4) is 0 Å². The van der Waals surface area contributed by atoms with Crippen LogP contribution in [0.5, 0.6) is 11.5 Å². The number of nitrogens with zero attached hydrogens (tertiary/aromatic N) is 1. The fourth-order valence-corrected chi connectivity index (χ4v) is 2.56. The summed E-state index contributed by atoms with van der Waals surface area (Å²) < 4.78 is 5.09. The van der Waals surface area contributed by atoms with Gasteiger partial charge >= 0.3 is 0 Å². The Balaban J connectivity index is 2.22. The Morgan fingerprint density at radius 2 is 2.21 bits per heavy atom. The third-order valence-electron chi connectivity index (χ3n) is 3.57. The number of phenolic OH excluding ortho intramolecular Hbond substituents is 1. The Hall–Kier alpha value is -1.52. The van der Waals surface area contributed by atoms with Crippen molar-refractivity contribution in [1.29, 1.82) is 0 Å². The highest BCUT2D eigenvalue weighted by Gasteiger charge is 2.21. The Morgan fingerprint density at radius 3 is 2.79 bits per heavy atom. The fourth-order valence-electron chi connectivity index (χ4n) is 2.56. The van der Waals surface area contributed by atoms with Crippen LogP contribution in [0.4, 0.5) is 0 Å². The predicted octanol–water partition coefficient (Wildman–Crippen LogP) is 1.92. The van der Waals surface area contributed by atoms with Gasteiger partial charge in [0.25, 0.3) is 0 Å². The van der Waals surface area contributed by atoms with E-state index in [-0.39, 0.29) is 11.8 Å². The van der Waals surface area contributed by atoms with Gasteiger partial charge in [0.1, 0.15) is 0 Å². The van der Waals surface area contributed by atoms with Crippen LogP contribution in [-0.4, -0.2) is 43.3 Å². The quantitative estimate of drug-likeness (QED) is 0.796. The minimum absolute atomic E-state index is 0.198. The van der Waals surface area contributed by atoms with Crippen LogP contribution >= 0.6 is 0 Å². The number of piperazine rings is 1. The topological polar surface area (TPSA) is 44.7 Å². The molecule has 0 amide bonds. The van der Waals surface area contributed by atoms with E-state index < -0.39 is 0 Å². The molecule has 0 unspecified atom stereocenters. The molecule has 0 aromatic heterocycles. The van der Waals surface area contributed by atoms with Crippen molar-refractivity contribution < 1.29 is 9.84 Å². The van der Waals surface area contributed by atoms with Gasteiger partial charge in [-0.25, -0.2) is 0 Å². The molecular weight excluding hydrogens is 240 g/mol. The normalized spacial score (nSPS) is 17.9. The van der Waals surface area contributed by atoms with Crippen molar-refractivity contribution >= 4 is 0 Å². The highest BCUT2D eigenvalue weighted by molar-refractivity contribution is 5.42. The summed E-state index contributed by atoms with van der Waals surface area (Å²) in [6, 6.07) is 5.92. The Bertz CT molecular complexity index is 428. The maximum atomic E-state index is 9.93. The van der Waals surface area contributed by atoms with E-state index in [9.17, 15) is 5.11 Å². The third kappa shape index (κ3) is 3.28. The van der Waals surface area contributed by atoms with Gasteiger partial charge in [-0.2, -0.15) is 0 Å². The highest BCUT2D eigenvalue weighted by Crippen LogP contribution is 2.32. The second-order valence-corrected chi connectivity index (χ2v) is 4.76. The first kappa shape index (κ1) is 13.9. The van der Waals surface area contributed by atoms with Crippen LogP contribution in [0, 0.1) is 0 Å². The van der Waals surface area contributed by atoms with Crippen LogP contribution in [0.2, 0.25) is 0 Å². The average Bonchev–Trinajstić information content (AvgIpc) is 2.45. The first-order chi connectivity index (χ1) is 9.26. The third-order valence-corrected chi connectivity index (χ3v) is 3.57. The van der Waals surface area contributed by atoms with E-state index in [0.717, 1.165) is 38.2 Å². The lowest BCUT2D eigenvalue weighted by Gasteiger charge is -2.35. The molecule has 2 rings (SSSR count). The van der Waals surface area contributed by atoms with Crippen LogP contribution in [0.25, 0.3) is 0 Å². The van der Waals surface area contributed by atoms with Crippen molar-refractivity contribution in [1.82, 2.24) is 10.2 Å². The lowest BCUT2D eigenvalue weighted by Crippen LogP contribution is -2.45. The van der Waals surface area contributed by atoms with Gasteiger partial charge in [0.15, 0.2) is 11.5 Å². The molecular formula is C15H22N2O2. The second-order valence-electron chi connectivity index (χ2n) is 4.76. The van der Waals surface area contributed by atoms with Crippen molar-refractivity contribution in [2.45, 2.75) is 12.5 Å². The maximum Gasteiger partial charge on any atom is 0.160 e. The molecule has 1 atom stereocenters. The van der Waals surface area contributed by atoms with Crippen LogP contribution in [0.1, 0.15) is 18.0 Å². The maximum absolute atomic E-state index is 9.93. The van der Waals surface area contributed by atoms with Gasteiger partial charge in [-0.05, 0) is 24.1 Å². The molecule has 0 aliphatic carbocycles. The zero-order chi connectivity index (χ0) is 13.7. The number of aromatic hydroxyl groups is 1. The number of ether oxygens (including phenoxy) is 1. The van der Waals surface area contributed by atoms with Gasteiger partial charge < -0.3 is 15.2 Å². The van der Waals surface area contributed by atoms with Gasteiger partial charge in [0, 0.05) is 32.2 Å². The molecule has 0 radical (unpaired) electrons. The van der Waals surface area contributed by atoms with Gasteiger partial charge in [-0.1, -0.05) is 12.1 Å². The van der Waals surface area contributed by atoms with E-state index in [2.05, 4.69) is 16.8 Å². The Morgan fingerprint density at radius 1 is 1.47 bits per heavy atom. The molecule has 1 aromatic carbocycles. The second kappa shape index (κ2) is 6.59. The van der Waals surface area contributed by atoms with Crippen molar-refractivity contribution in [2.75, 3.05) is 33.3 Å². The molecule has 1 aliphatic heterocycles. The zero-order valence-corrected chi connectivity index (χ0v) is 11.4. The molecule has 0 bridgehead atoms. The van der Waals surface area contributed by atoms with E-state index >= 15 is 0 Å². The molecule has 1 fully saturated rings. The molecule has 0 spiro atoms. The van der Waals surface area contributed by atoms with Gasteiger partial charge in [-0.15, -0.1) is 6.58 Å². The van der Waals surface area contributed by atoms with Crippen molar-refractivity contribution in [2.24, 2.45) is 0 Å². The lowest BCUT2D eigenvalue weighted by molar-refractivity contribution is 0.174. The summed E-state index contributed by atoms with van der Waals surface area (Å²) in [5.74, 6) is 0.714. The van der Waals surface area contributed by atoms with Crippen molar-refractivity contribution in [3.8, 4) is 11.5 Å². The van der Waals surface area contributed by atoms with E-state index in [1.54, 1.807) is 13.2 Å². The minimum Gasteiger partial charge on any atom is -0.504 e. The average molecular weight is 262 g/mol. The van der Waals surface area contributed by atoms with Crippen LogP contribution in [-0.2, 0) is 0 Å². The molecule has 1 saturated heterocycles. The van der Waals surface area contributed by atoms with E-state index in [4.69, 9.17) is 4.74 Å². The summed E-state index contributed by atoms with van der Waals surface area (Å²) in [7, 11) is 1.56. The molecule has 1 heterocycles. The largest absolute Gasteiger partial charge is 0.504 e. The summed E-state index contributed by atoms with van der Waals surface area (Å²) >= 11 is 0. The monoisotopic (exact) mass is 262 g/mol. The molecule has 19 heavy (non-hydrogen) atoms. The summed E-state index contributed by atoms with van der Waals surface area (Å²) in [4.78, 5) is 2.43. The first-order valence-electron chi connectivity index (χ1n) is 6.69. The molecule has 104 valence electrons. The van der Waals surface area contributed by atoms with Crippen LogP contribution < -0.4 is 10.1 Å². The molecule has 1 aromatic rings. The molecule has 2 N–H and O–H groups in total. The highest BCUT2D eigenvalue weighted by atomic mass is 16.5. The van der Waals surface area contributed by atoms with E-state index in [1.807, 2.05) is 18.2 Å². The number of nitrogens with one attached hydrogen (secondary N) is 1. The zero-order valence-electron chi connectivity index (χ0n) is 11.4.